The molecule has 2 amide bonds. The highest BCUT2D eigenvalue weighted by atomic mass is 32.1. The van der Waals surface area contributed by atoms with Gasteiger partial charge in [0.05, 0.1) is 24.2 Å². The number of nitro benzene ring substituents is 1. The number of carbonyl (C=O) groups is 2. The number of ether oxygens (including phenoxy) is 1. The van der Waals surface area contributed by atoms with Crippen molar-refractivity contribution in [2.75, 3.05) is 38.8 Å². The van der Waals surface area contributed by atoms with Gasteiger partial charge in [-0.25, -0.2) is 0 Å². The van der Waals surface area contributed by atoms with Gasteiger partial charge in [0, 0.05) is 44.9 Å². The summed E-state index contributed by atoms with van der Waals surface area (Å²) in [5.74, 6) is -0.790. The number of fused-ring (bicyclic) bond motifs is 4. The molecule has 0 N–H and O–H groups in total. The normalized spacial score (nSPS) is 24.1. The highest BCUT2D eigenvalue weighted by molar-refractivity contribution is 7.80. The molecule has 27 heavy (non-hydrogen) atoms. The molecule has 0 aromatic heterocycles. The number of hydrogen-bond acceptors (Lipinski definition) is 7. The molecule has 0 radical (unpaired) electrons. The zero-order valence-electron chi connectivity index (χ0n) is 14.9. The van der Waals surface area contributed by atoms with E-state index in [1.807, 2.05) is 4.90 Å². The lowest BCUT2D eigenvalue weighted by Gasteiger charge is -2.54. The minimum atomic E-state index is -1.42. The van der Waals surface area contributed by atoms with Gasteiger partial charge in [0.25, 0.3) is 5.69 Å². The standard InChI is InChI=1S/C17H18N4O5S/c1-18-14(22)17(15(23)19(2)16(18)27)8-10-7-11(21(24)25)3-4-12(10)20-5-6-26-9-13(17)20/h3-4,7,13H,5-6,8-9H2,1-2H3/t13-/m1/s1. The summed E-state index contributed by atoms with van der Waals surface area (Å²) in [6.07, 6.45) is 0.0729. The Labute approximate surface area is 160 Å². The van der Waals surface area contributed by atoms with Gasteiger partial charge in [0.2, 0.25) is 11.8 Å². The second-order valence-corrected chi connectivity index (χ2v) is 7.38. The number of hydrogen-bond donors (Lipinski definition) is 0. The van der Waals surface area contributed by atoms with Crippen LogP contribution in [0.5, 0.6) is 0 Å². The van der Waals surface area contributed by atoms with Crippen molar-refractivity contribution in [3.8, 4) is 0 Å². The predicted molar refractivity (Wildman–Crippen MR) is 99.3 cm³/mol. The zero-order chi connectivity index (χ0) is 19.5. The van der Waals surface area contributed by atoms with Gasteiger partial charge in [-0.3, -0.25) is 29.5 Å². The van der Waals surface area contributed by atoms with E-state index in [9.17, 15) is 19.7 Å². The van der Waals surface area contributed by atoms with Crippen molar-refractivity contribution < 1.29 is 19.2 Å². The summed E-state index contributed by atoms with van der Waals surface area (Å²) in [6, 6.07) is 4.10. The molecular weight excluding hydrogens is 372 g/mol. The third-order valence-electron chi connectivity index (χ3n) is 5.70. The zero-order valence-corrected chi connectivity index (χ0v) is 15.7. The van der Waals surface area contributed by atoms with Gasteiger partial charge in [-0.1, -0.05) is 0 Å². The van der Waals surface area contributed by atoms with Gasteiger partial charge in [0.15, 0.2) is 10.5 Å². The van der Waals surface area contributed by atoms with Gasteiger partial charge < -0.3 is 9.64 Å². The Hall–Kier alpha value is -2.59. The van der Waals surface area contributed by atoms with Crippen molar-refractivity contribution in [1.29, 1.82) is 0 Å². The third kappa shape index (κ3) is 2.29. The number of rotatable bonds is 1. The minimum Gasteiger partial charge on any atom is -0.377 e. The van der Waals surface area contributed by atoms with Crippen molar-refractivity contribution in [2.24, 2.45) is 5.41 Å². The number of non-ortho nitro benzene ring substituents is 1. The summed E-state index contributed by atoms with van der Waals surface area (Å²) in [6.45, 7) is 1.17. The molecule has 10 heteroatoms. The fraction of sp³-hybridized carbons (Fsp3) is 0.471. The van der Waals surface area contributed by atoms with Crippen LogP contribution in [0.4, 0.5) is 11.4 Å². The molecule has 142 valence electrons. The lowest BCUT2D eigenvalue weighted by molar-refractivity contribution is -0.384. The van der Waals surface area contributed by atoms with Gasteiger partial charge in [-0.2, -0.15) is 0 Å². The largest absolute Gasteiger partial charge is 0.377 e. The quantitative estimate of drug-likeness (QED) is 0.299. The van der Waals surface area contributed by atoms with Crippen LogP contribution < -0.4 is 4.90 Å². The molecule has 2 fully saturated rings. The van der Waals surface area contributed by atoms with Crippen LogP contribution in [-0.4, -0.2) is 71.5 Å². The summed E-state index contributed by atoms with van der Waals surface area (Å²) >= 11 is 5.21. The van der Waals surface area contributed by atoms with E-state index in [-0.39, 0.29) is 23.8 Å². The lowest BCUT2D eigenvalue weighted by atomic mass is 9.68. The summed E-state index contributed by atoms with van der Waals surface area (Å²) in [4.78, 5) is 42.0. The molecule has 0 saturated carbocycles. The molecule has 2 saturated heterocycles. The SMILES string of the molecule is CN1C(=O)C2(Cc3cc([N+](=O)[O-])ccc3N3CCOC[C@@H]32)C(=O)N(C)C1=S. The highest BCUT2D eigenvalue weighted by Crippen LogP contribution is 2.47. The molecule has 1 atom stereocenters. The maximum atomic E-state index is 13.3. The Morgan fingerprint density at radius 3 is 2.56 bits per heavy atom. The van der Waals surface area contributed by atoms with Crippen LogP contribution in [0.2, 0.25) is 0 Å². The number of amides is 2. The van der Waals surface area contributed by atoms with Crippen LogP contribution in [0.15, 0.2) is 18.2 Å². The maximum absolute atomic E-state index is 13.3. The highest BCUT2D eigenvalue weighted by Gasteiger charge is 2.62. The Morgan fingerprint density at radius 1 is 1.26 bits per heavy atom. The molecule has 9 nitrogen and oxygen atoms in total. The Morgan fingerprint density at radius 2 is 1.93 bits per heavy atom. The first-order valence-electron chi connectivity index (χ1n) is 8.51. The van der Waals surface area contributed by atoms with E-state index in [0.29, 0.717) is 18.7 Å². The van der Waals surface area contributed by atoms with Crippen molar-refractivity contribution in [1.82, 2.24) is 9.80 Å². The number of benzene rings is 1. The van der Waals surface area contributed by atoms with Crippen LogP contribution in [0.25, 0.3) is 0 Å². The second kappa shape index (κ2) is 5.96. The van der Waals surface area contributed by atoms with Crippen LogP contribution >= 0.6 is 12.2 Å². The van der Waals surface area contributed by atoms with E-state index in [0.717, 1.165) is 5.69 Å². The summed E-state index contributed by atoms with van der Waals surface area (Å²) in [5.41, 5.74) is -0.0742. The Balaban J connectivity index is 1.92. The molecule has 0 unspecified atom stereocenters. The number of nitrogens with zero attached hydrogens (tertiary/aromatic N) is 4. The van der Waals surface area contributed by atoms with Crippen molar-refractivity contribution in [3.05, 3.63) is 33.9 Å². The maximum Gasteiger partial charge on any atom is 0.269 e. The number of carbonyl (C=O) groups excluding carboxylic acids is 2. The first-order valence-corrected chi connectivity index (χ1v) is 8.92. The molecule has 1 spiro atoms. The van der Waals surface area contributed by atoms with Crippen LogP contribution in [-0.2, 0) is 20.7 Å². The molecule has 4 rings (SSSR count). The fourth-order valence-corrected chi connectivity index (χ4v) is 4.52. The predicted octanol–water partition coefficient (Wildman–Crippen LogP) is 0.558. The average molecular weight is 390 g/mol. The molecule has 3 aliphatic rings. The van der Waals surface area contributed by atoms with E-state index in [1.165, 1.54) is 21.9 Å². The third-order valence-corrected chi connectivity index (χ3v) is 6.24. The average Bonchev–Trinajstić information content (AvgIpc) is 2.68. The van der Waals surface area contributed by atoms with Crippen LogP contribution in [0.3, 0.4) is 0 Å². The van der Waals surface area contributed by atoms with Crippen molar-refractivity contribution >= 4 is 40.5 Å². The number of thiocarbonyl (C=S) groups is 1. The monoisotopic (exact) mass is 390 g/mol. The lowest BCUT2D eigenvalue weighted by Crippen LogP contribution is -2.73. The molecular formula is C17H18N4O5S. The van der Waals surface area contributed by atoms with Crippen LogP contribution in [0.1, 0.15) is 5.56 Å². The van der Waals surface area contributed by atoms with E-state index in [1.54, 1.807) is 20.2 Å². The Kier molecular flexibility index (Phi) is 3.93. The molecule has 1 aromatic rings. The van der Waals surface area contributed by atoms with E-state index in [2.05, 4.69) is 0 Å². The Bertz CT molecular complexity index is 864. The van der Waals surface area contributed by atoms with E-state index < -0.39 is 28.2 Å². The van der Waals surface area contributed by atoms with Gasteiger partial charge in [-0.15, -0.1) is 0 Å². The summed E-state index contributed by atoms with van der Waals surface area (Å²) < 4.78 is 5.61. The van der Waals surface area contributed by atoms with E-state index >= 15 is 0 Å². The summed E-state index contributed by atoms with van der Waals surface area (Å²) in [7, 11) is 3.10. The smallest absolute Gasteiger partial charge is 0.269 e. The van der Waals surface area contributed by atoms with Gasteiger partial charge >= 0.3 is 0 Å². The van der Waals surface area contributed by atoms with E-state index in [4.69, 9.17) is 17.0 Å². The minimum absolute atomic E-state index is 0.0662. The number of morpholine rings is 1. The molecule has 0 bridgehead atoms. The first kappa shape index (κ1) is 17.8. The first-order chi connectivity index (χ1) is 12.8. The molecule has 1 aromatic carbocycles. The molecule has 3 aliphatic heterocycles. The molecule has 0 aliphatic carbocycles. The van der Waals surface area contributed by atoms with Gasteiger partial charge in [0.1, 0.15) is 0 Å². The van der Waals surface area contributed by atoms with Gasteiger partial charge in [-0.05, 0) is 23.8 Å². The second-order valence-electron chi connectivity index (χ2n) is 7.01. The number of anilines is 1. The topological polar surface area (TPSA) is 96.2 Å². The fourth-order valence-electron chi connectivity index (χ4n) is 4.35. The summed E-state index contributed by atoms with van der Waals surface area (Å²) in [5, 5.41) is 11.4. The van der Waals surface area contributed by atoms with Crippen LogP contribution in [0, 0.1) is 15.5 Å². The number of nitro groups is 1. The van der Waals surface area contributed by atoms with Crippen molar-refractivity contribution in [2.45, 2.75) is 12.5 Å². The molecule has 3 heterocycles. The van der Waals surface area contributed by atoms with Crippen molar-refractivity contribution in [3.63, 3.8) is 0 Å².